The summed E-state index contributed by atoms with van der Waals surface area (Å²) >= 11 is 0. The minimum atomic E-state index is -1.32. The zero-order valence-electron chi connectivity index (χ0n) is 13.8. The topological polar surface area (TPSA) is 89.7 Å². The van der Waals surface area contributed by atoms with E-state index < -0.39 is 17.2 Å². The van der Waals surface area contributed by atoms with Crippen LogP contribution in [0, 0.1) is 10.1 Å². The highest BCUT2D eigenvalue weighted by atomic mass is 17.0. The standard InChI is InChI=1S/C16H31NO5/c1-2-3-4-5-6-7-8-9-10-11-12-13-14-15(16(18)19)22-17(20)21/h15H,2-14H2,1H3,(H,18,19). The van der Waals surface area contributed by atoms with Gasteiger partial charge in [0, 0.05) is 0 Å². The van der Waals surface area contributed by atoms with Gasteiger partial charge in [-0.25, -0.2) is 4.79 Å². The van der Waals surface area contributed by atoms with Crippen LogP contribution < -0.4 is 0 Å². The largest absolute Gasteiger partial charge is 0.480 e. The molecule has 0 radical (unpaired) electrons. The van der Waals surface area contributed by atoms with E-state index in [9.17, 15) is 14.9 Å². The highest BCUT2D eigenvalue weighted by Crippen LogP contribution is 2.13. The second kappa shape index (κ2) is 14.6. The Morgan fingerprint density at radius 3 is 1.73 bits per heavy atom. The number of rotatable bonds is 16. The van der Waals surface area contributed by atoms with Gasteiger partial charge in [0.05, 0.1) is 0 Å². The van der Waals surface area contributed by atoms with Crippen molar-refractivity contribution in [2.45, 2.75) is 96.5 Å². The fourth-order valence-electron chi connectivity index (χ4n) is 2.50. The van der Waals surface area contributed by atoms with Gasteiger partial charge in [-0.1, -0.05) is 84.0 Å². The fourth-order valence-corrected chi connectivity index (χ4v) is 2.50. The van der Waals surface area contributed by atoms with Gasteiger partial charge < -0.3 is 5.11 Å². The molecule has 0 amide bonds. The van der Waals surface area contributed by atoms with E-state index >= 15 is 0 Å². The molecule has 0 fully saturated rings. The zero-order valence-corrected chi connectivity index (χ0v) is 13.8. The highest BCUT2D eigenvalue weighted by molar-refractivity contribution is 5.72. The van der Waals surface area contributed by atoms with Crippen molar-refractivity contribution in [3.63, 3.8) is 0 Å². The van der Waals surface area contributed by atoms with Crippen LogP contribution in [0.1, 0.15) is 90.4 Å². The molecule has 130 valence electrons. The number of carboxylic acid groups (broad SMARTS) is 1. The van der Waals surface area contributed by atoms with Crippen LogP contribution in [0.25, 0.3) is 0 Å². The second-order valence-electron chi connectivity index (χ2n) is 5.83. The van der Waals surface area contributed by atoms with Gasteiger partial charge in [0.25, 0.3) is 5.09 Å². The maximum absolute atomic E-state index is 10.7. The molecule has 0 saturated carbocycles. The first-order valence-electron chi connectivity index (χ1n) is 8.62. The molecular weight excluding hydrogens is 286 g/mol. The number of hydrogen-bond donors (Lipinski definition) is 1. The van der Waals surface area contributed by atoms with Gasteiger partial charge in [0.1, 0.15) is 0 Å². The number of unbranched alkanes of at least 4 members (excludes halogenated alkanes) is 11. The highest BCUT2D eigenvalue weighted by Gasteiger charge is 2.20. The first-order chi connectivity index (χ1) is 10.6. The molecule has 1 N–H and O–H groups in total. The molecule has 0 aromatic heterocycles. The number of carboxylic acids is 1. The lowest BCUT2D eigenvalue weighted by atomic mass is 10.0. The molecule has 0 aliphatic carbocycles. The van der Waals surface area contributed by atoms with Crippen molar-refractivity contribution in [1.29, 1.82) is 0 Å². The van der Waals surface area contributed by atoms with E-state index in [0.29, 0.717) is 6.42 Å². The Hall–Kier alpha value is -1.33. The van der Waals surface area contributed by atoms with Crippen LogP contribution in [0.3, 0.4) is 0 Å². The average Bonchev–Trinajstić information content (AvgIpc) is 2.46. The Labute approximate surface area is 133 Å². The van der Waals surface area contributed by atoms with E-state index in [2.05, 4.69) is 11.8 Å². The average molecular weight is 317 g/mol. The summed E-state index contributed by atoms with van der Waals surface area (Å²) in [5.41, 5.74) is 0. The number of carbonyl (C=O) groups is 1. The van der Waals surface area contributed by atoms with Crippen LogP contribution in [0.15, 0.2) is 0 Å². The summed E-state index contributed by atoms with van der Waals surface area (Å²) in [4.78, 5) is 25.0. The first-order valence-corrected chi connectivity index (χ1v) is 8.62. The number of nitrogens with zero attached hydrogens (tertiary/aromatic N) is 1. The van der Waals surface area contributed by atoms with Gasteiger partial charge in [-0.3, -0.25) is 4.84 Å². The van der Waals surface area contributed by atoms with E-state index in [4.69, 9.17) is 5.11 Å². The molecule has 1 unspecified atom stereocenters. The lowest BCUT2D eigenvalue weighted by Crippen LogP contribution is -2.26. The van der Waals surface area contributed by atoms with Crippen LogP contribution in [0.5, 0.6) is 0 Å². The summed E-state index contributed by atoms with van der Waals surface area (Å²) in [7, 11) is 0. The molecule has 1 atom stereocenters. The molecular formula is C16H31NO5. The summed E-state index contributed by atoms with van der Waals surface area (Å²) in [5.74, 6) is -1.26. The summed E-state index contributed by atoms with van der Waals surface area (Å²) in [6, 6.07) is 0. The zero-order chi connectivity index (χ0) is 16.6. The molecule has 0 aromatic carbocycles. The molecule has 6 heteroatoms. The molecule has 0 aliphatic rings. The third-order valence-corrected chi connectivity index (χ3v) is 3.81. The second-order valence-corrected chi connectivity index (χ2v) is 5.83. The summed E-state index contributed by atoms with van der Waals surface area (Å²) in [6.45, 7) is 2.22. The molecule has 0 saturated heterocycles. The van der Waals surface area contributed by atoms with Gasteiger partial charge >= 0.3 is 5.97 Å². The van der Waals surface area contributed by atoms with Gasteiger partial charge in [-0.15, -0.1) is 10.1 Å². The van der Waals surface area contributed by atoms with Crippen molar-refractivity contribution in [3.05, 3.63) is 10.1 Å². The molecule has 0 rings (SSSR count). The minimum Gasteiger partial charge on any atom is -0.480 e. The van der Waals surface area contributed by atoms with Crippen LogP contribution in [-0.4, -0.2) is 22.3 Å². The lowest BCUT2D eigenvalue weighted by Gasteiger charge is -2.09. The van der Waals surface area contributed by atoms with E-state index in [1.165, 1.54) is 51.4 Å². The molecule has 0 spiro atoms. The number of hydrogen-bond acceptors (Lipinski definition) is 4. The minimum absolute atomic E-state index is 0.202. The van der Waals surface area contributed by atoms with Crippen LogP contribution >= 0.6 is 0 Å². The van der Waals surface area contributed by atoms with Gasteiger partial charge in [-0.05, 0) is 6.42 Å². The third kappa shape index (κ3) is 13.6. The van der Waals surface area contributed by atoms with E-state index in [-0.39, 0.29) is 6.42 Å². The Bertz CT molecular complexity index is 296. The van der Waals surface area contributed by atoms with Crippen molar-refractivity contribution in [1.82, 2.24) is 0 Å². The summed E-state index contributed by atoms with van der Waals surface area (Å²) in [5, 5.41) is 17.9. The van der Waals surface area contributed by atoms with Crippen molar-refractivity contribution in [3.8, 4) is 0 Å². The van der Waals surface area contributed by atoms with Crippen LogP contribution in [0.4, 0.5) is 0 Å². The van der Waals surface area contributed by atoms with E-state index in [1.807, 2.05) is 0 Å². The molecule has 6 nitrogen and oxygen atoms in total. The Kier molecular flexibility index (Phi) is 13.7. The summed E-state index contributed by atoms with van der Waals surface area (Å²) in [6.07, 6.45) is 13.1. The first kappa shape index (κ1) is 20.7. The van der Waals surface area contributed by atoms with Crippen molar-refractivity contribution in [2.75, 3.05) is 0 Å². The Morgan fingerprint density at radius 2 is 1.36 bits per heavy atom. The third-order valence-electron chi connectivity index (χ3n) is 3.81. The maximum Gasteiger partial charge on any atom is 0.332 e. The lowest BCUT2D eigenvalue weighted by molar-refractivity contribution is -0.765. The van der Waals surface area contributed by atoms with Crippen molar-refractivity contribution < 1.29 is 19.8 Å². The van der Waals surface area contributed by atoms with Gasteiger partial charge in [0.15, 0.2) is 0 Å². The predicted molar refractivity (Wildman–Crippen MR) is 85.2 cm³/mol. The molecule has 0 aliphatic heterocycles. The monoisotopic (exact) mass is 317 g/mol. The molecule has 0 bridgehead atoms. The summed E-state index contributed by atoms with van der Waals surface area (Å²) < 4.78 is 0. The van der Waals surface area contributed by atoms with E-state index in [1.54, 1.807) is 0 Å². The fraction of sp³-hybridized carbons (Fsp3) is 0.938. The van der Waals surface area contributed by atoms with Gasteiger partial charge in [-0.2, -0.15) is 0 Å². The van der Waals surface area contributed by atoms with Crippen LogP contribution in [0.2, 0.25) is 0 Å². The predicted octanol–water partition coefficient (Wildman–Crippen LogP) is 4.74. The maximum atomic E-state index is 10.7. The van der Waals surface area contributed by atoms with Gasteiger partial charge in [0.2, 0.25) is 6.10 Å². The Morgan fingerprint density at radius 1 is 0.955 bits per heavy atom. The van der Waals surface area contributed by atoms with Crippen LogP contribution in [-0.2, 0) is 9.63 Å². The Balaban J connectivity index is 3.35. The molecule has 22 heavy (non-hydrogen) atoms. The SMILES string of the molecule is CCCCCCCCCCCCCCC(O[N+](=O)[O-])C(=O)O. The molecule has 0 aromatic rings. The smallest absolute Gasteiger partial charge is 0.332 e. The normalized spacial score (nSPS) is 12.0. The molecule has 0 heterocycles. The van der Waals surface area contributed by atoms with Crippen molar-refractivity contribution >= 4 is 5.97 Å². The number of aliphatic carboxylic acids is 1. The quantitative estimate of drug-likeness (QED) is 0.252. The van der Waals surface area contributed by atoms with Crippen molar-refractivity contribution in [2.24, 2.45) is 0 Å². The van der Waals surface area contributed by atoms with E-state index in [0.717, 1.165) is 19.3 Å².